The Bertz CT molecular complexity index is 478. The van der Waals surface area contributed by atoms with Crippen LogP contribution in [0.15, 0.2) is 35.5 Å². The minimum absolute atomic E-state index is 0.431. The van der Waals surface area contributed by atoms with Crippen molar-refractivity contribution in [2.75, 3.05) is 0 Å². The Labute approximate surface area is 141 Å². The van der Waals surface area contributed by atoms with Crippen LogP contribution >= 0.6 is 0 Å². The lowest BCUT2D eigenvalue weighted by molar-refractivity contribution is -0.104. The first kappa shape index (κ1) is 20.1. The highest BCUT2D eigenvalue weighted by Crippen LogP contribution is 2.31. The smallest absolute Gasteiger partial charge is 0.111 e. The third-order valence-electron chi connectivity index (χ3n) is 4.85. The maximum absolute atomic E-state index is 10.9. The highest BCUT2D eigenvalue weighted by atomic mass is 16.4. The standard InChI is InChI=1S/C20H34O3/c1-16-8-6-9-17(2)11-13-20(23,18(3,4)21)15-14-19(5,22)12-7-10-16/h9-10,14-15,21-23H,6-8,11-13H2,1-5H3. The van der Waals surface area contributed by atoms with Gasteiger partial charge >= 0.3 is 0 Å². The zero-order chi connectivity index (χ0) is 17.7. The van der Waals surface area contributed by atoms with Gasteiger partial charge in [-0.3, -0.25) is 0 Å². The van der Waals surface area contributed by atoms with Crippen molar-refractivity contribution in [3.63, 3.8) is 0 Å². The lowest BCUT2D eigenvalue weighted by Gasteiger charge is -2.37. The second-order valence-corrected chi connectivity index (χ2v) is 7.85. The minimum atomic E-state index is -1.36. The molecule has 3 N–H and O–H groups in total. The van der Waals surface area contributed by atoms with Crippen LogP contribution in [-0.4, -0.2) is 32.1 Å². The Balaban J connectivity index is 3.10. The molecule has 0 aromatic heterocycles. The van der Waals surface area contributed by atoms with Gasteiger partial charge in [-0.1, -0.05) is 35.5 Å². The van der Waals surface area contributed by atoms with E-state index in [0.717, 1.165) is 25.7 Å². The summed E-state index contributed by atoms with van der Waals surface area (Å²) in [5, 5.41) is 31.8. The van der Waals surface area contributed by atoms with Gasteiger partial charge in [0.1, 0.15) is 5.60 Å². The molecule has 0 bridgehead atoms. The summed E-state index contributed by atoms with van der Waals surface area (Å²) < 4.78 is 0. The van der Waals surface area contributed by atoms with Gasteiger partial charge in [0.05, 0.1) is 11.2 Å². The molecule has 1 aliphatic carbocycles. The first-order chi connectivity index (χ1) is 10.5. The summed E-state index contributed by atoms with van der Waals surface area (Å²) in [6, 6.07) is 0. The lowest BCUT2D eigenvalue weighted by Crippen LogP contribution is -2.49. The summed E-state index contributed by atoms with van der Waals surface area (Å²) in [7, 11) is 0. The van der Waals surface area contributed by atoms with Crippen molar-refractivity contribution >= 4 is 0 Å². The number of hydrogen-bond acceptors (Lipinski definition) is 3. The average molecular weight is 322 g/mol. The van der Waals surface area contributed by atoms with Crippen LogP contribution in [-0.2, 0) is 0 Å². The van der Waals surface area contributed by atoms with Gasteiger partial charge < -0.3 is 15.3 Å². The van der Waals surface area contributed by atoms with Crippen LogP contribution in [0.5, 0.6) is 0 Å². The molecule has 0 radical (unpaired) electrons. The van der Waals surface area contributed by atoms with Gasteiger partial charge in [-0.15, -0.1) is 0 Å². The zero-order valence-electron chi connectivity index (χ0n) is 15.4. The van der Waals surface area contributed by atoms with Crippen LogP contribution in [0.1, 0.15) is 73.1 Å². The van der Waals surface area contributed by atoms with Crippen molar-refractivity contribution in [1.82, 2.24) is 0 Å². The summed E-state index contributed by atoms with van der Waals surface area (Å²) in [6.07, 6.45) is 12.2. The van der Waals surface area contributed by atoms with Crippen LogP contribution in [0.25, 0.3) is 0 Å². The van der Waals surface area contributed by atoms with Gasteiger partial charge in [-0.05, 0) is 73.1 Å². The molecule has 1 rings (SSSR count). The van der Waals surface area contributed by atoms with E-state index in [-0.39, 0.29) is 0 Å². The number of hydrogen-bond donors (Lipinski definition) is 3. The molecular weight excluding hydrogens is 288 g/mol. The minimum Gasteiger partial charge on any atom is -0.387 e. The summed E-state index contributed by atoms with van der Waals surface area (Å²) >= 11 is 0. The first-order valence-corrected chi connectivity index (χ1v) is 8.64. The fraction of sp³-hybridized carbons (Fsp3) is 0.700. The molecule has 0 amide bonds. The first-order valence-electron chi connectivity index (χ1n) is 8.64. The number of rotatable bonds is 1. The average Bonchev–Trinajstić information content (AvgIpc) is 2.41. The van der Waals surface area contributed by atoms with E-state index in [9.17, 15) is 15.3 Å². The SMILES string of the molecule is CC1=CCCC(C)(O)C=CC(O)(C(C)(C)O)CCC(C)=CCC1. The molecular formula is C20H34O3. The lowest BCUT2D eigenvalue weighted by atomic mass is 9.79. The Morgan fingerprint density at radius 2 is 1.48 bits per heavy atom. The molecule has 0 aromatic rings. The second-order valence-electron chi connectivity index (χ2n) is 7.85. The molecule has 0 spiro atoms. The molecule has 0 saturated heterocycles. The highest BCUT2D eigenvalue weighted by molar-refractivity contribution is 5.16. The second kappa shape index (κ2) is 7.78. The van der Waals surface area contributed by atoms with Crippen LogP contribution in [0.2, 0.25) is 0 Å². The van der Waals surface area contributed by atoms with E-state index in [1.807, 2.05) is 0 Å². The van der Waals surface area contributed by atoms with Crippen molar-refractivity contribution in [1.29, 1.82) is 0 Å². The molecule has 132 valence electrons. The van der Waals surface area contributed by atoms with E-state index in [2.05, 4.69) is 26.0 Å². The Morgan fingerprint density at radius 3 is 2.09 bits per heavy atom. The van der Waals surface area contributed by atoms with E-state index in [1.165, 1.54) is 11.1 Å². The van der Waals surface area contributed by atoms with E-state index in [1.54, 1.807) is 32.9 Å². The van der Waals surface area contributed by atoms with Crippen molar-refractivity contribution in [2.45, 2.75) is 89.9 Å². The summed E-state index contributed by atoms with van der Waals surface area (Å²) in [6.45, 7) is 9.16. The molecule has 1 aliphatic rings. The monoisotopic (exact) mass is 322 g/mol. The van der Waals surface area contributed by atoms with E-state index < -0.39 is 16.8 Å². The molecule has 2 unspecified atom stereocenters. The van der Waals surface area contributed by atoms with E-state index >= 15 is 0 Å². The summed E-state index contributed by atoms with van der Waals surface area (Å²) in [5.41, 5.74) is -1.06. The van der Waals surface area contributed by atoms with Gasteiger partial charge in [0.25, 0.3) is 0 Å². The molecule has 0 heterocycles. The van der Waals surface area contributed by atoms with E-state index in [4.69, 9.17) is 0 Å². The van der Waals surface area contributed by atoms with Crippen molar-refractivity contribution < 1.29 is 15.3 Å². The third-order valence-corrected chi connectivity index (χ3v) is 4.85. The molecule has 23 heavy (non-hydrogen) atoms. The highest BCUT2D eigenvalue weighted by Gasteiger charge is 2.40. The number of aliphatic hydroxyl groups is 3. The van der Waals surface area contributed by atoms with Crippen molar-refractivity contribution in [3.8, 4) is 0 Å². The maximum atomic E-state index is 10.9. The van der Waals surface area contributed by atoms with Gasteiger partial charge in [0.2, 0.25) is 0 Å². The van der Waals surface area contributed by atoms with Crippen LogP contribution in [0.3, 0.4) is 0 Å². The topological polar surface area (TPSA) is 60.7 Å². The quantitative estimate of drug-likeness (QED) is 0.638. The Morgan fingerprint density at radius 1 is 0.913 bits per heavy atom. The molecule has 0 aliphatic heterocycles. The third kappa shape index (κ3) is 6.62. The maximum Gasteiger partial charge on any atom is 0.111 e. The van der Waals surface area contributed by atoms with Crippen LogP contribution < -0.4 is 0 Å². The van der Waals surface area contributed by atoms with Crippen molar-refractivity contribution in [3.05, 3.63) is 35.5 Å². The summed E-state index contributed by atoms with van der Waals surface area (Å²) in [4.78, 5) is 0. The molecule has 0 fully saturated rings. The van der Waals surface area contributed by atoms with Crippen LogP contribution in [0, 0.1) is 0 Å². The largest absolute Gasteiger partial charge is 0.387 e. The predicted octanol–water partition coefficient (Wildman–Crippen LogP) is 4.04. The van der Waals surface area contributed by atoms with Gasteiger partial charge in [0.15, 0.2) is 0 Å². The molecule has 2 atom stereocenters. The predicted molar refractivity (Wildman–Crippen MR) is 96.2 cm³/mol. The fourth-order valence-electron chi connectivity index (χ4n) is 2.74. The Hall–Kier alpha value is -0.900. The van der Waals surface area contributed by atoms with E-state index in [0.29, 0.717) is 12.8 Å². The molecule has 3 heteroatoms. The Kier molecular flexibility index (Phi) is 6.81. The molecule has 0 saturated carbocycles. The number of allylic oxidation sites excluding steroid dienone is 4. The summed E-state index contributed by atoms with van der Waals surface area (Å²) in [5.74, 6) is 0. The molecule has 3 nitrogen and oxygen atoms in total. The van der Waals surface area contributed by atoms with Crippen molar-refractivity contribution in [2.24, 2.45) is 0 Å². The fourth-order valence-corrected chi connectivity index (χ4v) is 2.74. The zero-order valence-corrected chi connectivity index (χ0v) is 15.4. The van der Waals surface area contributed by atoms with Gasteiger partial charge in [0, 0.05) is 0 Å². The van der Waals surface area contributed by atoms with Crippen LogP contribution in [0.4, 0.5) is 0 Å². The molecule has 0 aromatic carbocycles. The normalized spacial score (nSPS) is 32.0. The van der Waals surface area contributed by atoms with Gasteiger partial charge in [-0.2, -0.15) is 0 Å². The van der Waals surface area contributed by atoms with Gasteiger partial charge in [-0.25, -0.2) is 0 Å².